The summed E-state index contributed by atoms with van der Waals surface area (Å²) in [5.41, 5.74) is 5.81. The number of carboxylic acids is 1. The molecule has 0 spiro atoms. The van der Waals surface area contributed by atoms with E-state index in [9.17, 15) is 9.90 Å². The van der Waals surface area contributed by atoms with Crippen LogP contribution < -0.4 is 10.2 Å². The second-order valence-corrected chi connectivity index (χ2v) is 7.89. The van der Waals surface area contributed by atoms with Crippen LogP contribution in [0.5, 0.6) is 0 Å². The largest absolute Gasteiger partial charge is 0.478 e. The Hall–Kier alpha value is -3.27. The first-order valence-corrected chi connectivity index (χ1v) is 10.7. The Labute approximate surface area is 178 Å². The number of aryl methyl sites for hydroxylation is 2. The summed E-state index contributed by atoms with van der Waals surface area (Å²) < 4.78 is 0. The predicted octanol–water partition coefficient (Wildman–Crippen LogP) is 5.90. The molecule has 4 rings (SSSR count). The Kier molecular flexibility index (Phi) is 6.33. The van der Waals surface area contributed by atoms with Crippen molar-refractivity contribution in [1.29, 1.82) is 0 Å². The SMILES string of the molecule is O=C(O)c1ccccc1Nc1ccc(CCCc2ccc(N3CCCC3)cc2)cc1. The summed E-state index contributed by atoms with van der Waals surface area (Å²) in [7, 11) is 0. The summed E-state index contributed by atoms with van der Waals surface area (Å²) in [6.07, 6.45) is 5.83. The molecule has 0 bridgehead atoms. The van der Waals surface area contributed by atoms with E-state index in [-0.39, 0.29) is 5.56 Å². The quantitative estimate of drug-likeness (QED) is 0.494. The van der Waals surface area contributed by atoms with Gasteiger partial charge in [-0.3, -0.25) is 0 Å². The highest BCUT2D eigenvalue weighted by Gasteiger charge is 2.12. The lowest BCUT2D eigenvalue weighted by atomic mass is 10.0. The van der Waals surface area contributed by atoms with E-state index in [1.165, 1.54) is 42.7 Å². The number of hydrogen-bond acceptors (Lipinski definition) is 3. The molecule has 1 heterocycles. The lowest BCUT2D eigenvalue weighted by molar-refractivity contribution is 0.0698. The van der Waals surface area contributed by atoms with Crippen molar-refractivity contribution in [2.45, 2.75) is 32.1 Å². The van der Waals surface area contributed by atoms with Crippen LogP contribution in [0, 0.1) is 0 Å². The molecule has 0 radical (unpaired) electrons. The maximum atomic E-state index is 11.3. The monoisotopic (exact) mass is 400 g/mol. The third-order valence-corrected chi connectivity index (χ3v) is 5.73. The van der Waals surface area contributed by atoms with Crippen molar-refractivity contribution in [2.24, 2.45) is 0 Å². The van der Waals surface area contributed by atoms with Gasteiger partial charge < -0.3 is 15.3 Å². The third-order valence-electron chi connectivity index (χ3n) is 5.73. The van der Waals surface area contributed by atoms with Crippen LogP contribution in [-0.2, 0) is 12.8 Å². The maximum Gasteiger partial charge on any atom is 0.337 e. The van der Waals surface area contributed by atoms with E-state index in [4.69, 9.17) is 0 Å². The van der Waals surface area contributed by atoms with Gasteiger partial charge in [0.2, 0.25) is 0 Å². The molecule has 0 amide bonds. The van der Waals surface area contributed by atoms with Crippen LogP contribution in [0.4, 0.5) is 17.1 Å². The minimum Gasteiger partial charge on any atom is -0.478 e. The summed E-state index contributed by atoms with van der Waals surface area (Å²) in [4.78, 5) is 13.8. The van der Waals surface area contributed by atoms with E-state index in [1.54, 1.807) is 18.2 Å². The molecule has 0 atom stereocenters. The van der Waals surface area contributed by atoms with Gasteiger partial charge in [0.25, 0.3) is 0 Å². The molecule has 0 aromatic heterocycles. The van der Waals surface area contributed by atoms with Gasteiger partial charge in [0, 0.05) is 24.5 Å². The van der Waals surface area contributed by atoms with Crippen LogP contribution in [0.15, 0.2) is 72.8 Å². The Balaban J connectivity index is 1.28. The first kappa shape index (κ1) is 20.0. The summed E-state index contributed by atoms with van der Waals surface area (Å²) in [5.74, 6) is -0.928. The van der Waals surface area contributed by atoms with Crippen molar-refractivity contribution >= 4 is 23.0 Å². The minimum absolute atomic E-state index is 0.275. The molecule has 3 aromatic rings. The van der Waals surface area contributed by atoms with E-state index in [1.807, 2.05) is 18.2 Å². The summed E-state index contributed by atoms with van der Waals surface area (Å²) in [6, 6.07) is 24.3. The van der Waals surface area contributed by atoms with Crippen molar-refractivity contribution in [3.05, 3.63) is 89.5 Å². The fraction of sp³-hybridized carbons (Fsp3) is 0.269. The number of rotatable bonds is 8. The maximum absolute atomic E-state index is 11.3. The molecule has 1 aliphatic rings. The number of benzene rings is 3. The first-order chi connectivity index (χ1) is 14.7. The fourth-order valence-electron chi connectivity index (χ4n) is 4.03. The van der Waals surface area contributed by atoms with Gasteiger partial charge in [0.05, 0.1) is 11.3 Å². The van der Waals surface area contributed by atoms with Crippen molar-refractivity contribution in [1.82, 2.24) is 0 Å². The summed E-state index contributed by atoms with van der Waals surface area (Å²) in [6.45, 7) is 2.37. The molecule has 0 aliphatic carbocycles. The third kappa shape index (κ3) is 5.01. The van der Waals surface area contributed by atoms with Gasteiger partial charge in [0.1, 0.15) is 0 Å². The molecule has 4 nitrogen and oxygen atoms in total. The van der Waals surface area contributed by atoms with Crippen LogP contribution in [0.25, 0.3) is 0 Å². The Morgan fingerprint density at radius 1 is 0.833 bits per heavy atom. The lowest BCUT2D eigenvalue weighted by Crippen LogP contribution is -2.17. The first-order valence-electron chi connectivity index (χ1n) is 10.7. The van der Waals surface area contributed by atoms with E-state index < -0.39 is 5.97 Å². The van der Waals surface area contributed by atoms with Crippen molar-refractivity contribution in [3.8, 4) is 0 Å². The Morgan fingerprint density at radius 2 is 1.43 bits per heavy atom. The van der Waals surface area contributed by atoms with Gasteiger partial charge >= 0.3 is 5.97 Å². The van der Waals surface area contributed by atoms with E-state index in [0.29, 0.717) is 5.69 Å². The normalized spacial score (nSPS) is 13.4. The van der Waals surface area contributed by atoms with Gasteiger partial charge in [-0.25, -0.2) is 4.79 Å². The van der Waals surface area contributed by atoms with Gasteiger partial charge in [-0.1, -0.05) is 36.4 Å². The zero-order valence-electron chi connectivity index (χ0n) is 17.2. The van der Waals surface area contributed by atoms with E-state index in [2.05, 4.69) is 46.6 Å². The number of carbonyl (C=O) groups is 1. The number of para-hydroxylation sites is 1. The molecule has 1 saturated heterocycles. The number of carboxylic acid groups (broad SMARTS) is 1. The van der Waals surface area contributed by atoms with Crippen LogP contribution in [0.2, 0.25) is 0 Å². The molecular weight excluding hydrogens is 372 g/mol. The number of aromatic carboxylic acids is 1. The topological polar surface area (TPSA) is 52.6 Å². The second kappa shape index (κ2) is 9.49. The average molecular weight is 401 g/mol. The molecular formula is C26H28N2O2. The number of nitrogens with zero attached hydrogens (tertiary/aromatic N) is 1. The fourth-order valence-corrected chi connectivity index (χ4v) is 4.03. The van der Waals surface area contributed by atoms with E-state index in [0.717, 1.165) is 24.9 Å². The van der Waals surface area contributed by atoms with Crippen LogP contribution >= 0.6 is 0 Å². The highest BCUT2D eigenvalue weighted by Crippen LogP contribution is 2.23. The molecule has 0 unspecified atom stereocenters. The number of anilines is 3. The number of nitrogens with one attached hydrogen (secondary N) is 1. The Morgan fingerprint density at radius 3 is 2.07 bits per heavy atom. The van der Waals surface area contributed by atoms with Gasteiger partial charge in [-0.15, -0.1) is 0 Å². The van der Waals surface area contributed by atoms with Crippen molar-refractivity contribution < 1.29 is 9.90 Å². The molecule has 3 aromatic carbocycles. The van der Waals surface area contributed by atoms with Gasteiger partial charge in [-0.05, 0) is 79.6 Å². The zero-order valence-corrected chi connectivity index (χ0v) is 17.2. The van der Waals surface area contributed by atoms with Gasteiger partial charge in [-0.2, -0.15) is 0 Å². The second-order valence-electron chi connectivity index (χ2n) is 7.89. The van der Waals surface area contributed by atoms with Crippen molar-refractivity contribution in [3.63, 3.8) is 0 Å². The van der Waals surface area contributed by atoms with Crippen LogP contribution in [0.1, 0.15) is 40.7 Å². The molecule has 1 aliphatic heterocycles. The number of hydrogen-bond donors (Lipinski definition) is 2. The van der Waals surface area contributed by atoms with Crippen LogP contribution in [-0.4, -0.2) is 24.2 Å². The van der Waals surface area contributed by atoms with Gasteiger partial charge in [0.15, 0.2) is 0 Å². The highest BCUT2D eigenvalue weighted by atomic mass is 16.4. The molecule has 1 fully saturated rings. The van der Waals surface area contributed by atoms with Crippen molar-refractivity contribution in [2.75, 3.05) is 23.3 Å². The Bertz CT molecular complexity index is 975. The molecule has 2 N–H and O–H groups in total. The van der Waals surface area contributed by atoms with Crippen LogP contribution in [0.3, 0.4) is 0 Å². The highest BCUT2D eigenvalue weighted by molar-refractivity contribution is 5.95. The zero-order chi connectivity index (χ0) is 20.8. The molecule has 30 heavy (non-hydrogen) atoms. The predicted molar refractivity (Wildman–Crippen MR) is 123 cm³/mol. The minimum atomic E-state index is -0.928. The smallest absolute Gasteiger partial charge is 0.337 e. The molecule has 0 saturated carbocycles. The molecule has 154 valence electrons. The lowest BCUT2D eigenvalue weighted by Gasteiger charge is -2.17. The van der Waals surface area contributed by atoms with E-state index >= 15 is 0 Å². The average Bonchev–Trinajstić information content (AvgIpc) is 3.31. The standard InChI is InChI=1S/C26H28N2O2/c29-26(30)24-8-1-2-9-25(24)27-22-14-10-20(11-15-22)6-5-7-21-12-16-23(17-13-21)28-18-3-4-19-28/h1-2,8-17,27H,3-7,18-19H2,(H,29,30). The molecule has 4 heteroatoms. The summed E-state index contributed by atoms with van der Waals surface area (Å²) >= 11 is 0. The summed E-state index contributed by atoms with van der Waals surface area (Å²) in [5, 5.41) is 12.5.